The number of amides is 1. The van der Waals surface area contributed by atoms with E-state index in [0.717, 1.165) is 12.3 Å². The molecule has 1 amide bonds. The molecule has 0 unspecified atom stereocenters. The number of rotatable bonds is 4. The molecule has 2 aliphatic rings. The van der Waals surface area contributed by atoms with Gasteiger partial charge >= 0.3 is 0 Å². The molecule has 0 heterocycles. The Kier molecular flexibility index (Phi) is 5.09. The van der Waals surface area contributed by atoms with Crippen molar-refractivity contribution < 1.29 is 4.79 Å². The predicted octanol–water partition coefficient (Wildman–Crippen LogP) is 4.80. The summed E-state index contributed by atoms with van der Waals surface area (Å²) in [6.45, 7) is 15.6. The highest BCUT2D eigenvalue weighted by atomic mass is 16.2. The highest BCUT2D eigenvalue weighted by molar-refractivity contribution is 5.84. The summed E-state index contributed by atoms with van der Waals surface area (Å²) in [5, 5.41) is 3.43. The molecule has 0 aromatic rings. The SMILES string of the molecule is CC(C)=C[C@@H]1[C@@H](C(=O)N[C@@H]2C[C@@H](C)CC[C@@H]2C(C)C)C1(C)C. The molecule has 0 radical (unpaired) electrons. The van der Waals surface area contributed by atoms with Crippen LogP contribution in [-0.2, 0) is 4.79 Å². The molecule has 0 aromatic carbocycles. The third kappa shape index (κ3) is 3.58. The number of carbonyl (C=O) groups excluding carboxylic acids is 1. The molecular formula is C20H35NO. The van der Waals surface area contributed by atoms with Gasteiger partial charge in [0.2, 0.25) is 5.91 Å². The van der Waals surface area contributed by atoms with E-state index in [1.807, 2.05) is 0 Å². The lowest BCUT2D eigenvalue weighted by Gasteiger charge is -2.38. The van der Waals surface area contributed by atoms with E-state index in [1.54, 1.807) is 0 Å². The maximum absolute atomic E-state index is 12.8. The van der Waals surface area contributed by atoms with Gasteiger partial charge in [0.05, 0.1) is 5.92 Å². The van der Waals surface area contributed by atoms with Crippen molar-refractivity contribution in [3.63, 3.8) is 0 Å². The van der Waals surface area contributed by atoms with E-state index in [4.69, 9.17) is 0 Å². The molecule has 1 N–H and O–H groups in total. The van der Waals surface area contributed by atoms with Crippen LogP contribution < -0.4 is 5.32 Å². The lowest BCUT2D eigenvalue weighted by Crippen LogP contribution is -2.46. The van der Waals surface area contributed by atoms with E-state index in [2.05, 4.69) is 59.9 Å². The smallest absolute Gasteiger partial charge is 0.224 e. The Morgan fingerprint density at radius 2 is 1.86 bits per heavy atom. The Labute approximate surface area is 137 Å². The number of nitrogens with one attached hydrogen (secondary N) is 1. The van der Waals surface area contributed by atoms with Crippen LogP contribution in [0.1, 0.15) is 67.7 Å². The minimum atomic E-state index is 0.120. The number of hydrogen-bond acceptors (Lipinski definition) is 1. The first-order valence-corrected chi connectivity index (χ1v) is 9.10. The molecule has 0 saturated heterocycles. The molecular weight excluding hydrogens is 270 g/mol. The fraction of sp³-hybridized carbons (Fsp3) is 0.850. The van der Waals surface area contributed by atoms with Crippen molar-refractivity contribution in [2.75, 3.05) is 0 Å². The Morgan fingerprint density at radius 1 is 1.23 bits per heavy atom. The topological polar surface area (TPSA) is 29.1 Å². The quantitative estimate of drug-likeness (QED) is 0.743. The highest BCUT2D eigenvalue weighted by Crippen LogP contribution is 2.59. The average molecular weight is 306 g/mol. The Hall–Kier alpha value is -0.790. The molecule has 0 aliphatic heterocycles. The van der Waals surface area contributed by atoms with Gasteiger partial charge in [0.25, 0.3) is 0 Å². The molecule has 2 saturated carbocycles. The van der Waals surface area contributed by atoms with Crippen molar-refractivity contribution in [1.29, 1.82) is 0 Å². The van der Waals surface area contributed by atoms with Crippen LogP contribution in [0.2, 0.25) is 0 Å². The van der Waals surface area contributed by atoms with Crippen molar-refractivity contribution in [3.8, 4) is 0 Å². The maximum Gasteiger partial charge on any atom is 0.224 e. The summed E-state index contributed by atoms with van der Waals surface area (Å²) in [5.74, 6) is 2.89. The molecule has 0 aromatic heterocycles. The zero-order chi connectivity index (χ0) is 16.7. The molecule has 2 aliphatic carbocycles. The van der Waals surface area contributed by atoms with Crippen molar-refractivity contribution in [3.05, 3.63) is 11.6 Å². The molecule has 0 spiro atoms. The molecule has 126 valence electrons. The molecule has 0 bridgehead atoms. The predicted molar refractivity (Wildman–Crippen MR) is 93.5 cm³/mol. The van der Waals surface area contributed by atoms with Crippen LogP contribution in [0.25, 0.3) is 0 Å². The summed E-state index contributed by atoms with van der Waals surface area (Å²) >= 11 is 0. The number of allylic oxidation sites excluding steroid dienone is 2. The fourth-order valence-corrected chi connectivity index (χ4v) is 4.49. The fourth-order valence-electron chi connectivity index (χ4n) is 4.49. The van der Waals surface area contributed by atoms with E-state index >= 15 is 0 Å². The van der Waals surface area contributed by atoms with E-state index in [-0.39, 0.29) is 17.2 Å². The zero-order valence-electron chi connectivity index (χ0n) is 15.6. The summed E-state index contributed by atoms with van der Waals surface area (Å²) in [6.07, 6.45) is 6.00. The third-order valence-corrected chi connectivity index (χ3v) is 6.06. The van der Waals surface area contributed by atoms with Crippen LogP contribution in [0.4, 0.5) is 0 Å². The summed E-state index contributed by atoms with van der Waals surface area (Å²) in [6, 6.07) is 0.375. The van der Waals surface area contributed by atoms with Crippen LogP contribution in [0.15, 0.2) is 11.6 Å². The van der Waals surface area contributed by atoms with Crippen LogP contribution in [-0.4, -0.2) is 11.9 Å². The van der Waals surface area contributed by atoms with Gasteiger partial charge in [0.15, 0.2) is 0 Å². The van der Waals surface area contributed by atoms with Crippen molar-refractivity contribution in [2.24, 2.45) is 35.0 Å². The van der Waals surface area contributed by atoms with E-state index < -0.39 is 0 Å². The van der Waals surface area contributed by atoms with Gasteiger partial charge in [-0.2, -0.15) is 0 Å². The summed E-state index contributed by atoms with van der Waals surface area (Å²) in [7, 11) is 0. The lowest BCUT2D eigenvalue weighted by atomic mass is 9.74. The van der Waals surface area contributed by atoms with E-state index in [0.29, 0.717) is 23.8 Å². The highest BCUT2D eigenvalue weighted by Gasteiger charge is 2.60. The van der Waals surface area contributed by atoms with Crippen LogP contribution >= 0.6 is 0 Å². The largest absolute Gasteiger partial charge is 0.353 e. The Morgan fingerprint density at radius 3 is 2.41 bits per heavy atom. The van der Waals surface area contributed by atoms with Crippen LogP contribution in [0, 0.1) is 35.0 Å². The van der Waals surface area contributed by atoms with E-state index in [9.17, 15) is 4.79 Å². The molecule has 2 fully saturated rings. The maximum atomic E-state index is 12.8. The van der Waals surface area contributed by atoms with Crippen molar-refractivity contribution in [2.45, 2.75) is 73.8 Å². The lowest BCUT2D eigenvalue weighted by molar-refractivity contribution is -0.124. The van der Waals surface area contributed by atoms with Crippen molar-refractivity contribution in [1.82, 2.24) is 5.32 Å². The molecule has 2 rings (SSSR count). The summed E-state index contributed by atoms with van der Waals surface area (Å²) in [5.41, 5.74) is 1.44. The normalized spacial score (nSPS) is 36.8. The Balaban J connectivity index is 2.03. The number of hydrogen-bond donors (Lipinski definition) is 1. The first-order valence-electron chi connectivity index (χ1n) is 9.10. The average Bonchev–Trinajstić information content (AvgIpc) is 2.89. The van der Waals surface area contributed by atoms with Gasteiger partial charge in [-0.3, -0.25) is 4.79 Å². The minimum absolute atomic E-state index is 0.120. The second kappa shape index (κ2) is 6.37. The minimum Gasteiger partial charge on any atom is -0.353 e. The zero-order valence-corrected chi connectivity index (χ0v) is 15.6. The van der Waals surface area contributed by atoms with Gasteiger partial charge in [-0.1, -0.05) is 52.7 Å². The van der Waals surface area contributed by atoms with Crippen LogP contribution in [0.5, 0.6) is 0 Å². The van der Waals surface area contributed by atoms with Gasteiger partial charge in [-0.05, 0) is 55.8 Å². The standard InChI is InChI=1S/C20H35NO/c1-12(2)10-16-18(20(16,6)7)19(22)21-17-11-14(5)8-9-15(17)13(3)4/h10,13-18H,8-9,11H2,1-7H3,(H,21,22)/t14-,15+,16+,17+,18-/m0/s1. The molecule has 2 nitrogen and oxygen atoms in total. The summed E-state index contributed by atoms with van der Waals surface area (Å²) < 4.78 is 0. The van der Waals surface area contributed by atoms with Gasteiger partial charge in [0.1, 0.15) is 0 Å². The molecule has 2 heteroatoms. The van der Waals surface area contributed by atoms with Gasteiger partial charge in [0, 0.05) is 6.04 Å². The Bertz CT molecular complexity index is 445. The van der Waals surface area contributed by atoms with Crippen LogP contribution in [0.3, 0.4) is 0 Å². The molecule has 22 heavy (non-hydrogen) atoms. The first kappa shape index (κ1) is 17.6. The van der Waals surface area contributed by atoms with Crippen molar-refractivity contribution >= 4 is 5.91 Å². The summed E-state index contributed by atoms with van der Waals surface area (Å²) in [4.78, 5) is 12.8. The van der Waals surface area contributed by atoms with Gasteiger partial charge < -0.3 is 5.32 Å². The molecule has 5 atom stereocenters. The monoisotopic (exact) mass is 305 g/mol. The first-order chi connectivity index (χ1) is 10.1. The second-order valence-corrected chi connectivity index (χ2v) is 9.01. The second-order valence-electron chi connectivity index (χ2n) is 9.01. The van der Waals surface area contributed by atoms with Gasteiger partial charge in [-0.15, -0.1) is 0 Å². The van der Waals surface area contributed by atoms with E-state index in [1.165, 1.54) is 18.4 Å². The van der Waals surface area contributed by atoms with Gasteiger partial charge in [-0.25, -0.2) is 0 Å². The third-order valence-electron chi connectivity index (χ3n) is 6.06. The number of carbonyl (C=O) groups is 1.